The van der Waals surface area contributed by atoms with Gasteiger partial charge in [0.2, 0.25) is 0 Å². The van der Waals surface area contributed by atoms with Crippen molar-refractivity contribution in [1.29, 1.82) is 0 Å². The van der Waals surface area contributed by atoms with E-state index >= 15 is 0 Å². The highest BCUT2D eigenvalue weighted by Crippen LogP contribution is 2.40. The molecule has 8 heteroatoms. The molecule has 146 valence electrons. The van der Waals surface area contributed by atoms with Crippen LogP contribution in [0.2, 0.25) is 0 Å². The van der Waals surface area contributed by atoms with Crippen LogP contribution in [0.3, 0.4) is 0 Å². The molecule has 3 rings (SSSR count). The second-order valence-corrected chi connectivity index (χ2v) is 10.7. The summed E-state index contributed by atoms with van der Waals surface area (Å²) < 4.78 is 37.6. The zero-order valence-corrected chi connectivity index (χ0v) is 17.1. The van der Waals surface area contributed by atoms with Crippen molar-refractivity contribution in [1.82, 2.24) is 10.3 Å². The van der Waals surface area contributed by atoms with Crippen LogP contribution < -0.4 is 10.3 Å². The molecule has 1 aliphatic carbocycles. The smallest absolute Gasteiger partial charge is 0.273 e. The van der Waals surface area contributed by atoms with Gasteiger partial charge in [0.15, 0.2) is 0 Å². The van der Waals surface area contributed by atoms with Crippen molar-refractivity contribution in [2.75, 3.05) is 0 Å². The highest BCUT2D eigenvalue weighted by Gasteiger charge is 2.30. The first-order valence-corrected chi connectivity index (χ1v) is 11.1. The molecule has 0 radical (unpaired) electrons. The number of thiophene rings is 1. The zero-order chi connectivity index (χ0) is 19.8. The Morgan fingerprint density at radius 2 is 2.00 bits per heavy atom. The predicted molar refractivity (Wildman–Crippen MR) is 103 cm³/mol. The number of hydrogen-bond donors (Lipinski definition) is 2. The molecular formula is C19H23FN2O3S2. The number of aryl methyl sites for hydroxylation is 1. The van der Waals surface area contributed by atoms with Crippen molar-refractivity contribution in [3.63, 3.8) is 0 Å². The number of benzene rings is 1. The molecule has 2 aromatic rings. The molecule has 1 atom stereocenters. The molecule has 27 heavy (non-hydrogen) atoms. The highest BCUT2D eigenvalue weighted by atomic mass is 32.2. The standard InChI is InChI=1S/C19H23FN2O3S2/c1-19(2,3)13-7-8-16-12(9-13)10-17(26-16)18(23)21-22-27(24,25)15-6-4-5-14(20)11-15/h4-6,10-11,13,22H,7-9H2,1-3H3,(H,21,23). The van der Waals surface area contributed by atoms with E-state index in [4.69, 9.17) is 0 Å². The molecule has 1 amide bonds. The summed E-state index contributed by atoms with van der Waals surface area (Å²) in [5, 5.41) is 0. The number of carbonyl (C=O) groups excluding carboxylic acids is 1. The van der Waals surface area contributed by atoms with Gasteiger partial charge in [-0.1, -0.05) is 26.8 Å². The van der Waals surface area contributed by atoms with Gasteiger partial charge in [-0.05, 0) is 60.4 Å². The average molecular weight is 411 g/mol. The number of hydrazine groups is 1. The molecule has 1 heterocycles. The lowest BCUT2D eigenvalue weighted by Crippen LogP contribution is -2.41. The highest BCUT2D eigenvalue weighted by molar-refractivity contribution is 7.89. The first kappa shape index (κ1) is 20.0. The number of halogens is 1. The summed E-state index contributed by atoms with van der Waals surface area (Å²) in [5.74, 6) is -0.618. The van der Waals surface area contributed by atoms with E-state index in [1.165, 1.54) is 33.9 Å². The summed E-state index contributed by atoms with van der Waals surface area (Å²) in [6.45, 7) is 6.68. The maximum Gasteiger partial charge on any atom is 0.276 e. The molecule has 1 aromatic heterocycles. The zero-order valence-electron chi connectivity index (χ0n) is 15.5. The Balaban J connectivity index is 1.69. The molecule has 1 unspecified atom stereocenters. The molecule has 0 saturated carbocycles. The Hall–Kier alpha value is -1.77. The van der Waals surface area contributed by atoms with E-state index in [0.717, 1.165) is 31.4 Å². The van der Waals surface area contributed by atoms with Crippen molar-refractivity contribution in [3.05, 3.63) is 51.5 Å². The largest absolute Gasteiger partial charge is 0.276 e. The summed E-state index contributed by atoms with van der Waals surface area (Å²) in [5.41, 5.74) is 3.60. The minimum Gasteiger partial charge on any atom is -0.273 e. The van der Waals surface area contributed by atoms with Crippen molar-refractivity contribution in [3.8, 4) is 0 Å². The summed E-state index contributed by atoms with van der Waals surface area (Å²) in [6.07, 6.45) is 2.95. The van der Waals surface area contributed by atoms with Gasteiger partial charge in [-0.25, -0.2) is 12.8 Å². The van der Waals surface area contributed by atoms with E-state index in [2.05, 4.69) is 26.2 Å². The van der Waals surface area contributed by atoms with Crippen molar-refractivity contribution in [2.24, 2.45) is 11.3 Å². The van der Waals surface area contributed by atoms with Crippen molar-refractivity contribution in [2.45, 2.75) is 44.9 Å². The summed E-state index contributed by atoms with van der Waals surface area (Å²) >= 11 is 1.40. The molecular weight excluding hydrogens is 387 g/mol. The van der Waals surface area contributed by atoms with Crippen LogP contribution in [-0.2, 0) is 22.9 Å². The lowest BCUT2D eigenvalue weighted by molar-refractivity contribution is 0.0949. The van der Waals surface area contributed by atoms with Gasteiger partial charge in [-0.15, -0.1) is 16.2 Å². The molecule has 0 bridgehead atoms. The second-order valence-electron chi connectivity index (χ2n) is 7.88. The topological polar surface area (TPSA) is 75.3 Å². The normalized spacial score (nSPS) is 17.4. The molecule has 0 fully saturated rings. The first-order chi connectivity index (χ1) is 12.6. The number of amides is 1. The maximum absolute atomic E-state index is 13.2. The third-order valence-corrected chi connectivity index (χ3v) is 7.42. The van der Waals surface area contributed by atoms with Crippen LogP contribution in [-0.4, -0.2) is 14.3 Å². The van der Waals surface area contributed by atoms with Crippen LogP contribution in [0.15, 0.2) is 35.2 Å². The minimum absolute atomic E-state index is 0.211. The molecule has 1 aromatic carbocycles. The van der Waals surface area contributed by atoms with E-state index in [9.17, 15) is 17.6 Å². The lowest BCUT2D eigenvalue weighted by Gasteiger charge is -2.33. The van der Waals surface area contributed by atoms with Crippen LogP contribution in [0.5, 0.6) is 0 Å². The molecule has 2 N–H and O–H groups in total. The van der Waals surface area contributed by atoms with Gasteiger partial charge in [-0.3, -0.25) is 10.2 Å². The Kier molecular flexibility index (Phi) is 5.42. The lowest BCUT2D eigenvalue weighted by atomic mass is 9.72. The van der Waals surface area contributed by atoms with Crippen LogP contribution in [0.1, 0.15) is 47.3 Å². The third-order valence-electron chi connectivity index (χ3n) is 4.94. The quantitative estimate of drug-likeness (QED) is 0.756. The van der Waals surface area contributed by atoms with E-state index in [1.807, 2.05) is 10.9 Å². The third kappa shape index (κ3) is 4.56. The average Bonchev–Trinajstić information content (AvgIpc) is 3.02. The maximum atomic E-state index is 13.2. The van der Waals surface area contributed by atoms with Crippen molar-refractivity contribution < 1.29 is 17.6 Å². The number of rotatable bonds is 4. The van der Waals surface area contributed by atoms with Gasteiger partial charge in [-0.2, -0.15) is 0 Å². The summed E-state index contributed by atoms with van der Waals surface area (Å²) in [4.78, 5) is 15.8. The van der Waals surface area contributed by atoms with E-state index < -0.39 is 21.7 Å². The van der Waals surface area contributed by atoms with E-state index in [0.29, 0.717) is 10.8 Å². The van der Waals surface area contributed by atoms with Crippen molar-refractivity contribution >= 4 is 27.3 Å². The molecule has 0 spiro atoms. The van der Waals surface area contributed by atoms with Gasteiger partial charge in [0, 0.05) is 4.88 Å². The second kappa shape index (κ2) is 7.33. The minimum atomic E-state index is -4.03. The Bertz CT molecular complexity index is 962. The number of hydrogen-bond acceptors (Lipinski definition) is 4. The Morgan fingerprint density at radius 1 is 1.26 bits per heavy atom. The van der Waals surface area contributed by atoms with Gasteiger partial charge < -0.3 is 0 Å². The Morgan fingerprint density at radius 3 is 2.67 bits per heavy atom. The molecule has 0 aliphatic heterocycles. The number of carbonyl (C=O) groups is 1. The van der Waals surface area contributed by atoms with Crippen LogP contribution in [0.4, 0.5) is 4.39 Å². The molecule has 0 saturated heterocycles. The SMILES string of the molecule is CC(C)(C)C1CCc2sc(C(=O)NNS(=O)(=O)c3cccc(F)c3)cc2C1. The summed E-state index contributed by atoms with van der Waals surface area (Å²) in [6, 6.07) is 6.45. The number of sulfonamides is 1. The fourth-order valence-corrected chi connectivity index (χ4v) is 5.22. The fourth-order valence-electron chi connectivity index (χ4n) is 3.24. The van der Waals surface area contributed by atoms with Gasteiger partial charge in [0.25, 0.3) is 15.9 Å². The predicted octanol–water partition coefficient (Wildman–Crippen LogP) is 3.66. The van der Waals surface area contributed by atoms with E-state index in [-0.39, 0.29) is 10.3 Å². The number of fused-ring (bicyclic) bond motifs is 1. The Labute approximate surface area is 163 Å². The summed E-state index contributed by atoms with van der Waals surface area (Å²) in [7, 11) is -4.03. The van der Waals surface area contributed by atoms with Crippen LogP contribution in [0.25, 0.3) is 0 Å². The van der Waals surface area contributed by atoms with Gasteiger partial charge in [0.05, 0.1) is 9.77 Å². The van der Waals surface area contributed by atoms with Gasteiger partial charge in [0.1, 0.15) is 5.82 Å². The number of nitrogens with one attached hydrogen (secondary N) is 2. The van der Waals surface area contributed by atoms with Crippen LogP contribution in [0, 0.1) is 17.2 Å². The van der Waals surface area contributed by atoms with Crippen LogP contribution >= 0.6 is 11.3 Å². The monoisotopic (exact) mass is 410 g/mol. The molecule has 1 aliphatic rings. The van der Waals surface area contributed by atoms with E-state index in [1.54, 1.807) is 0 Å². The van der Waals surface area contributed by atoms with Gasteiger partial charge >= 0.3 is 0 Å². The molecule has 5 nitrogen and oxygen atoms in total. The fraction of sp³-hybridized carbons (Fsp3) is 0.421. The first-order valence-electron chi connectivity index (χ1n) is 8.75.